The third kappa shape index (κ3) is 3.80. The summed E-state index contributed by atoms with van der Waals surface area (Å²) in [5, 5.41) is 18.8. The van der Waals surface area contributed by atoms with Crippen molar-refractivity contribution in [3.63, 3.8) is 0 Å². The molecule has 3 heterocycles. The average molecular weight is 374 g/mol. The predicted octanol–water partition coefficient (Wildman–Crippen LogP) is 3.22. The second kappa shape index (κ2) is 8.08. The summed E-state index contributed by atoms with van der Waals surface area (Å²) in [5.74, 6) is 2.35. The standard InChI is InChI=1S/C20H22N8/c1-3-4-11-28-19(22-14(2)25-28)12-15-9-10-18(21-13-15)16-7-5-6-8-17(16)20-23-26-27-24-20/h5-10,13H,3-4,11-12H2,1-2H3,(H,23,24,26,27). The highest BCUT2D eigenvalue weighted by Gasteiger charge is 2.12. The number of nitrogens with zero attached hydrogens (tertiary/aromatic N) is 7. The van der Waals surface area contributed by atoms with Gasteiger partial charge in [-0.05, 0) is 30.2 Å². The zero-order chi connectivity index (χ0) is 19.3. The van der Waals surface area contributed by atoms with Crippen LogP contribution in [0.4, 0.5) is 0 Å². The molecule has 4 rings (SSSR count). The van der Waals surface area contributed by atoms with E-state index in [9.17, 15) is 0 Å². The third-order valence-electron chi connectivity index (χ3n) is 4.55. The third-order valence-corrected chi connectivity index (χ3v) is 4.55. The van der Waals surface area contributed by atoms with Gasteiger partial charge in [0.1, 0.15) is 11.6 Å². The van der Waals surface area contributed by atoms with Gasteiger partial charge in [-0.15, -0.1) is 10.2 Å². The van der Waals surface area contributed by atoms with Gasteiger partial charge < -0.3 is 0 Å². The fourth-order valence-corrected chi connectivity index (χ4v) is 3.17. The van der Waals surface area contributed by atoms with E-state index in [4.69, 9.17) is 0 Å². The number of hydrogen-bond acceptors (Lipinski definition) is 6. The molecule has 0 bridgehead atoms. The Balaban J connectivity index is 1.58. The predicted molar refractivity (Wildman–Crippen MR) is 105 cm³/mol. The summed E-state index contributed by atoms with van der Waals surface area (Å²) in [4.78, 5) is 9.26. The van der Waals surface area contributed by atoms with E-state index in [1.165, 1.54) is 0 Å². The molecule has 0 aliphatic heterocycles. The van der Waals surface area contributed by atoms with Crippen LogP contribution < -0.4 is 0 Å². The SMILES string of the molecule is CCCCn1nc(C)nc1Cc1ccc(-c2ccccc2-c2nn[nH]n2)nc1. The zero-order valence-electron chi connectivity index (χ0n) is 16.0. The fraction of sp³-hybridized carbons (Fsp3) is 0.300. The highest BCUT2D eigenvalue weighted by atomic mass is 15.5. The van der Waals surface area contributed by atoms with Crippen molar-refractivity contribution < 1.29 is 0 Å². The lowest BCUT2D eigenvalue weighted by Gasteiger charge is -2.08. The van der Waals surface area contributed by atoms with Crippen LogP contribution in [-0.2, 0) is 13.0 Å². The molecule has 142 valence electrons. The Kier molecular flexibility index (Phi) is 5.18. The van der Waals surface area contributed by atoms with Crippen molar-refractivity contribution in [1.29, 1.82) is 0 Å². The van der Waals surface area contributed by atoms with Crippen LogP contribution in [0, 0.1) is 6.92 Å². The molecule has 0 atom stereocenters. The number of rotatable bonds is 7. The molecule has 0 saturated carbocycles. The maximum Gasteiger partial charge on any atom is 0.205 e. The van der Waals surface area contributed by atoms with E-state index in [0.29, 0.717) is 12.2 Å². The van der Waals surface area contributed by atoms with Crippen LogP contribution in [0.5, 0.6) is 0 Å². The molecule has 0 aliphatic carbocycles. The van der Waals surface area contributed by atoms with Crippen molar-refractivity contribution in [3.05, 3.63) is 59.8 Å². The van der Waals surface area contributed by atoms with Gasteiger partial charge in [-0.1, -0.05) is 43.7 Å². The molecule has 0 spiro atoms. The van der Waals surface area contributed by atoms with Crippen molar-refractivity contribution in [3.8, 4) is 22.6 Å². The molecule has 1 N–H and O–H groups in total. The van der Waals surface area contributed by atoms with E-state index >= 15 is 0 Å². The second-order valence-electron chi connectivity index (χ2n) is 6.66. The van der Waals surface area contributed by atoms with Crippen LogP contribution >= 0.6 is 0 Å². The lowest BCUT2D eigenvalue weighted by atomic mass is 10.0. The molecule has 0 radical (unpaired) electrons. The van der Waals surface area contributed by atoms with Crippen molar-refractivity contribution in [2.24, 2.45) is 0 Å². The molecule has 8 nitrogen and oxygen atoms in total. The monoisotopic (exact) mass is 374 g/mol. The van der Waals surface area contributed by atoms with Gasteiger partial charge in [0.05, 0.1) is 5.69 Å². The van der Waals surface area contributed by atoms with Gasteiger partial charge in [-0.2, -0.15) is 10.3 Å². The minimum atomic E-state index is 0.556. The van der Waals surface area contributed by atoms with Crippen molar-refractivity contribution >= 4 is 0 Å². The number of tetrazole rings is 1. The molecule has 0 saturated heterocycles. The second-order valence-corrected chi connectivity index (χ2v) is 6.66. The number of benzene rings is 1. The van der Waals surface area contributed by atoms with E-state index in [1.807, 2.05) is 48.1 Å². The van der Waals surface area contributed by atoms with Crippen LogP contribution in [0.15, 0.2) is 42.6 Å². The summed E-state index contributed by atoms with van der Waals surface area (Å²) in [7, 11) is 0. The number of hydrogen-bond donors (Lipinski definition) is 1. The van der Waals surface area contributed by atoms with Crippen LogP contribution in [0.25, 0.3) is 22.6 Å². The van der Waals surface area contributed by atoms with Crippen molar-refractivity contribution in [1.82, 2.24) is 40.4 Å². The Labute approximate surface area is 163 Å². The molecule has 8 heteroatoms. The maximum absolute atomic E-state index is 4.67. The molecule has 0 aliphatic rings. The smallest absolute Gasteiger partial charge is 0.205 e. The first-order valence-electron chi connectivity index (χ1n) is 9.43. The van der Waals surface area contributed by atoms with Crippen molar-refractivity contribution in [2.45, 2.75) is 39.7 Å². The summed E-state index contributed by atoms with van der Waals surface area (Å²) in [6.07, 6.45) is 4.84. The van der Waals surface area contributed by atoms with E-state index in [1.54, 1.807) is 0 Å². The van der Waals surface area contributed by atoms with Crippen LogP contribution in [-0.4, -0.2) is 40.4 Å². The van der Waals surface area contributed by atoms with Gasteiger partial charge in [0.2, 0.25) is 5.82 Å². The first kappa shape index (κ1) is 18.0. The van der Waals surface area contributed by atoms with E-state index in [2.05, 4.69) is 48.7 Å². The molecule has 0 amide bonds. The number of aromatic amines is 1. The molecular formula is C20H22N8. The summed E-state index contributed by atoms with van der Waals surface area (Å²) < 4.78 is 2.01. The Morgan fingerprint density at radius 3 is 2.64 bits per heavy atom. The molecule has 0 fully saturated rings. The number of pyridine rings is 1. The highest BCUT2D eigenvalue weighted by molar-refractivity contribution is 5.78. The van der Waals surface area contributed by atoms with E-state index in [-0.39, 0.29) is 0 Å². The Morgan fingerprint density at radius 1 is 1.07 bits per heavy atom. The minimum absolute atomic E-state index is 0.556. The van der Waals surface area contributed by atoms with Crippen LogP contribution in [0.2, 0.25) is 0 Å². The normalized spacial score (nSPS) is 11.1. The number of aryl methyl sites for hydroxylation is 2. The number of unbranched alkanes of at least 4 members (excludes halogenated alkanes) is 1. The lowest BCUT2D eigenvalue weighted by molar-refractivity contribution is 0.547. The molecule has 3 aromatic heterocycles. The van der Waals surface area contributed by atoms with E-state index < -0.39 is 0 Å². The van der Waals surface area contributed by atoms with Gasteiger partial charge >= 0.3 is 0 Å². The summed E-state index contributed by atoms with van der Waals surface area (Å²) >= 11 is 0. The highest BCUT2D eigenvalue weighted by Crippen LogP contribution is 2.28. The number of nitrogens with one attached hydrogen (secondary N) is 1. The maximum atomic E-state index is 4.67. The van der Waals surface area contributed by atoms with Gasteiger partial charge in [0, 0.05) is 30.3 Å². The molecule has 0 unspecified atom stereocenters. The molecule has 4 aromatic rings. The van der Waals surface area contributed by atoms with Crippen LogP contribution in [0.1, 0.15) is 37.0 Å². The van der Waals surface area contributed by atoms with Crippen molar-refractivity contribution in [2.75, 3.05) is 0 Å². The molecule has 28 heavy (non-hydrogen) atoms. The topological polar surface area (TPSA) is 98.1 Å². The Bertz CT molecular complexity index is 1030. The summed E-state index contributed by atoms with van der Waals surface area (Å²) in [5.41, 5.74) is 3.84. The molecule has 1 aromatic carbocycles. The van der Waals surface area contributed by atoms with Gasteiger partial charge in [-0.3, -0.25) is 4.98 Å². The van der Waals surface area contributed by atoms with E-state index in [0.717, 1.165) is 53.4 Å². The summed E-state index contributed by atoms with van der Waals surface area (Å²) in [6, 6.07) is 12.0. The van der Waals surface area contributed by atoms with Gasteiger partial charge in [0.25, 0.3) is 0 Å². The number of aromatic nitrogens is 8. The first-order valence-corrected chi connectivity index (χ1v) is 9.43. The van der Waals surface area contributed by atoms with Gasteiger partial charge in [0.15, 0.2) is 0 Å². The zero-order valence-corrected chi connectivity index (χ0v) is 16.0. The average Bonchev–Trinajstić information content (AvgIpc) is 3.37. The largest absolute Gasteiger partial charge is 0.256 e. The first-order chi connectivity index (χ1) is 13.7. The minimum Gasteiger partial charge on any atom is -0.256 e. The van der Waals surface area contributed by atoms with Crippen LogP contribution in [0.3, 0.4) is 0 Å². The Hall–Kier alpha value is -3.42. The Morgan fingerprint density at radius 2 is 1.93 bits per heavy atom. The number of H-pyrrole nitrogens is 1. The lowest BCUT2D eigenvalue weighted by Crippen LogP contribution is -2.06. The van der Waals surface area contributed by atoms with Gasteiger partial charge in [-0.25, -0.2) is 9.67 Å². The quantitative estimate of drug-likeness (QED) is 0.533. The summed E-state index contributed by atoms with van der Waals surface area (Å²) in [6.45, 7) is 5.01. The fourth-order valence-electron chi connectivity index (χ4n) is 3.17. The molecular weight excluding hydrogens is 352 g/mol.